The Kier molecular flexibility index (Phi) is 5.92. The van der Waals surface area contributed by atoms with Crippen LogP contribution in [-0.4, -0.2) is 18.0 Å². The van der Waals surface area contributed by atoms with Crippen molar-refractivity contribution in [2.24, 2.45) is 0 Å². The van der Waals surface area contributed by atoms with E-state index in [1.807, 2.05) is 36.4 Å². The van der Waals surface area contributed by atoms with Crippen molar-refractivity contribution in [1.29, 1.82) is 5.26 Å². The molecule has 0 saturated heterocycles. The molecule has 1 saturated carbocycles. The lowest BCUT2D eigenvalue weighted by Gasteiger charge is -2.31. The molecule has 0 atom stereocenters. The van der Waals surface area contributed by atoms with Gasteiger partial charge in [0.2, 0.25) is 0 Å². The number of carbonyl (C=O) groups is 1. The van der Waals surface area contributed by atoms with Gasteiger partial charge in [0.05, 0.1) is 18.3 Å². The minimum Gasteiger partial charge on any atom is -0.497 e. The molecule has 2 aromatic rings. The van der Waals surface area contributed by atoms with Gasteiger partial charge in [0.1, 0.15) is 22.0 Å². The average Bonchev–Trinajstić information content (AvgIpc) is 3.15. The Bertz CT molecular complexity index is 894. The fraction of sp³-hybridized carbons (Fsp3) is 0.286. The number of ether oxygens (including phenoxy) is 1. The quantitative estimate of drug-likeness (QED) is 0.438. The minimum atomic E-state index is -0.454. The number of hydrogen-bond donors (Lipinski definition) is 1. The normalized spacial score (nSPS) is 15.8. The van der Waals surface area contributed by atoms with Gasteiger partial charge in [-0.05, 0) is 64.7 Å². The summed E-state index contributed by atoms with van der Waals surface area (Å²) in [6.07, 6.45) is 5.27. The lowest BCUT2D eigenvalue weighted by atomic mass is 9.87. The molecule has 3 rings (SSSR count). The number of nitrogens with zero attached hydrogens (tertiary/aromatic N) is 2. The van der Waals surface area contributed by atoms with E-state index in [4.69, 9.17) is 4.74 Å². The molecule has 1 aliphatic rings. The number of carbonyl (C=O) groups excluding carboxylic acids is 1. The number of amides is 1. The molecule has 0 unspecified atom stereocenters. The molecular weight excluding hydrogens is 406 g/mol. The van der Waals surface area contributed by atoms with Gasteiger partial charge in [-0.2, -0.15) is 5.26 Å². The third-order valence-electron chi connectivity index (χ3n) is 4.85. The standard InChI is InChI=1S/C21H20BrN3O2/c1-27-18-9-7-16(8-10-18)21(11-2-3-12-21)25-20(26)15(14-23)13-17-5-4-6-19(22)24-17/h4-10,13H,2-3,11-12H2,1H3,(H,25,26)/b15-13+. The van der Waals surface area contributed by atoms with E-state index in [1.54, 1.807) is 19.2 Å². The number of benzene rings is 1. The first kappa shape index (κ1) is 19.1. The van der Waals surface area contributed by atoms with Gasteiger partial charge >= 0.3 is 0 Å². The molecule has 1 fully saturated rings. The van der Waals surface area contributed by atoms with Gasteiger partial charge in [0, 0.05) is 0 Å². The predicted molar refractivity (Wildman–Crippen MR) is 107 cm³/mol. The largest absolute Gasteiger partial charge is 0.497 e. The molecule has 1 aromatic heterocycles. The van der Waals surface area contributed by atoms with Crippen LogP contribution >= 0.6 is 15.9 Å². The number of methoxy groups -OCH3 is 1. The molecule has 1 aromatic carbocycles. The Balaban J connectivity index is 1.87. The first-order valence-corrected chi connectivity index (χ1v) is 9.57. The van der Waals surface area contributed by atoms with Crippen LogP contribution in [0.25, 0.3) is 6.08 Å². The number of hydrogen-bond acceptors (Lipinski definition) is 4. The highest BCUT2D eigenvalue weighted by molar-refractivity contribution is 9.10. The first-order chi connectivity index (χ1) is 13.1. The maximum Gasteiger partial charge on any atom is 0.262 e. The van der Waals surface area contributed by atoms with Gasteiger partial charge in [0.15, 0.2) is 0 Å². The van der Waals surface area contributed by atoms with E-state index in [9.17, 15) is 10.1 Å². The molecule has 6 heteroatoms. The lowest BCUT2D eigenvalue weighted by molar-refractivity contribution is -0.119. The number of rotatable bonds is 5. The van der Waals surface area contributed by atoms with Crippen molar-refractivity contribution in [2.75, 3.05) is 7.11 Å². The molecule has 1 aliphatic carbocycles. The number of pyridine rings is 1. The van der Waals surface area contributed by atoms with Gasteiger partial charge in [-0.15, -0.1) is 0 Å². The average molecular weight is 426 g/mol. The maximum atomic E-state index is 12.9. The third kappa shape index (κ3) is 4.37. The van der Waals surface area contributed by atoms with Crippen LogP contribution in [0.1, 0.15) is 36.9 Å². The number of nitrogens with one attached hydrogen (secondary N) is 1. The van der Waals surface area contributed by atoms with E-state index in [0.717, 1.165) is 37.0 Å². The van der Waals surface area contributed by atoms with Crippen molar-refractivity contribution in [3.63, 3.8) is 0 Å². The molecular formula is C21H20BrN3O2. The van der Waals surface area contributed by atoms with Crippen molar-refractivity contribution >= 4 is 27.9 Å². The van der Waals surface area contributed by atoms with Gasteiger partial charge < -0.3 is 10.1 Å². The number of halogens is 1. The zero-order valence-electron chi connectivity index (χ0n) is 15.0. The predicted octanol–water partition coefficient (Wildman–Crippen LogP) is 4.35. The molecule has 27 heavy (non-hydrogen) atoms. The van der Waals surface area contributed by atoms with E-state index < -0.39 is 5.54 Å². The number of nitriles is 1. The summed E-state index contributed by atoms with van der Waals surface area (Å²) in [5.41, 5.74) is 1.18. The van der Waals surface area contributed by atoms with Crippen LogP contribution in [0.3, 0.4) is 0 Å². The molecule has 1 N–H and O–H groups in total. The molecule has 1 amide bonds. The second-order valence-electron chi connectivity index (χ2n) is 6.53. The summed E-state index contributed by atoms with van der Waals surface area (Å²) < 4.78 is 5.88. The number of aromatic nitrogens is 1. The minimum absolute atomic E-state index is 0.0420. The van der Waals surface area contributed by atoms with E-state index in [0.29, 0.717) is 10.3 Å². The Labute approximate surface area is 167 Å². The summed E-state index contributed by atoms with van der Waals surface area (Å²) in [6.45, 7) is 0. The third-order valence-corrected chi connectivity index (χ3v) is 5.29. The van der Waals surface area contributed by atoms with Gasteiger partial charge in [-0.25, -0.2) is 4.98 Å². The summed E-state index contributed by atoms with van der Waals surface area (Å²) >= 11 is 3.30. The van der Waals surface area contributed by atoms with Crippen LogP contribution < -0.4 is 10.1 Å². The summed E-state index contributed by atoms with van der Waals surface area (Å²) in [4.78, 5) is 17.1. The fourth-order valence-electron chi connectivity index (χ4n) is 3.46. The van der Waals surface area contributed by atoms with Crippen molar-refractivity contribution in [1.82, 2.24) is 10.3 Å². The second-order valence-corrected chi connectivity index (χ2v) is 7.34. The maximum absolute atomic E-state index is 12.9. The highest BCUT2D eigenvalue weighted by atomic mass is 79.9. The van der Waals surface area contributed by atoms with Crippen LogP contribution in [0.5, 0.6) is 5.75 Å². The Morgan fingerprint density at radius 1 is 1.26 bits per heavy atom. The lowest BCUT2D eigenvalue weighted by Crippen LogP contribution is -2.44. The smallest absolute Gasteiger partial charge is 0.262 e. The zero-order valence-corrected chi connectivity index (χ0v) is 16.6. The Morgan fingerprint density at radius 2 is 1.96 bits per heavy atom. The monoisotopic (exact) mass is 425 g/mol. The molecule has 0 spiro atoms. The molecule has 5 nitrogen and oxygen atoms in total. The molecule has 0 aliphatic heterocycles. The summed E-state index contributed by atoms with van der Waals surface area (Å²) in [5.74, 6) is 0.397. The summed E-state index contributed by atoms with van der Waals surface area (Å²) in [7, 11) is 1.63. The van der Waals surface area contributed by atoms with Crippen molar-refractivity contribution in [3.05, 3.63) is 63.9 Å². The van der Waals surface area contributed by atoms with E-state index in [-0.39, 0.29) is 11.5 Å². The van der Waals surface area contributed by atoms with Gasteiger partial charge in [0.25, 0.3) is 5.91 Å². The van der Waals surface area contributed by atoms with E-state index >= 15 is 0 Å². The SMILES string of the molecule is COc1ccc(C2(NC(=O)/C(C#N)=C/c3cccc(Br)n3)CCCC2)cc1. The van der Waals surface area contributed by atoms with Crippen molar-refractivity contribution in [2.45, 2.75) is 31.2 Å². The zero-order chi connectivity index (χ0) is 19.3. The molecule has 1 heterocycles. The molecule has 0 radical (unpaired) electrons. The highest BCUT2D eigenvalue weighted by Gasteiger charge is 2.37. The first-order valence-electron chi connectivity index (χ1n) is 8.78. The summed E-state index contributed by atoms with van der Waals surface area (Å²) in [5, 5.41) is 12.6. The molecule has 0 bridgehead atoms. The van der Waals surface area contributed by atoms with Crippen LogP contribution in [0.2, 0.25) is 0 Å². The highest BCUT2D eigenvalue weighted by Crippen LogP contribution is 2.39. The van der Waals surface area contributed by atoms with E-state index in [1.165, 1.54) is 6.08 Å². The second kappa shape index (κ2) is 8.36. The molecule has 138 valence electrons. The fourth-order valence-corrected chi connectivity index (χ4v) is 3.82. The summed E-state index contributed by atoms with van der Waals surface area (Å²) in [6, 6.07) is 15.1. The van der Waals surface area contributed by atoms with Crippen LogP contribution in [0.4, 0.5) is 0 Å². The van der Waals surface area contributed by atoms with Crippen molar-refractivity contribution in [3.8, 4) is 11.8 Å². The topological polar surface area (TPSA) is 75.0 Å². The van der Waals surface area contributed by atoms with Gasteiger partial charge in [-0.3, -0.25) is 4.79 Å². The van der Waals surface area contributed by atoms with Crippen LogP contribution in [0, 0.1) is 11.3 Å². The van der Waals surface area contributed by atoms with Crippen LogP contribution in [-0.2, 0) is 10.3 Å². The Morgan fingerprint density at radius 3 is 2.56 bits per heavy atom. The van der Waals surface area contributed by atoms with Crippen molar-refractivity contribution < 1.29 is 9.53 Å². The van der Waals surface area contributed by atoms with Gasteiger partial charge in [-0.1, -0.05) is 31.0 Å². The van der Waals surface area contributed by atoms with Crippen LogP contribution in [0.15, 0.2) is 52.6 Å². The Hall–Kier alpha value is -2.65. The van der Waals surface area contributed by atoms with E-state index in [2.05, 4.69) is 26.2 Å².